The molecular formula is C13H19N3O4. The number of benzene rings is 1. The lowest BCUT2D eigenvalue weighted by Crippen LogP contribution is -2.38. The molecule has 0 heterocycles. The van der Waals surface area contributed by atoms with Gasteiger partial charge in [0.1, 0.15) is 12.4 Å². The molecule has 1 rings (SSSR count). The van der Waals surface area contributed by atoms with E-state index in [1.165, 1.54) is 12.1 Å². The maximum absolute atomic E-state index is 11.3. The predicted molar refractivity (Wildman–Crippen MR) is 74.7 cm³/mol. The first-order chi connectivity index (χ1) is 9.49. The Morgan fingerprint density at radius 3 is 2.55 bits per heavy atom. The van der Waals surface area contributed by atoms with Gasteiger partial charge < -0.3 is 15.4 Å². The van der Waals surface area contributed by atoms with Gasteiger partial charge in [0, 0.05) is 24.7 Å². The van der Waals surface area contributed by atoms with Crippen LogP contribution in [0.4, 0.5) is 5.69 Å². The molecule has 0 atom stereocenters. The molecule has 0 saturated heterocycles. The number of nitro groups is 1. The van der Waals surface area contributed by atoms with Crippen LogP contribution >= 0.6 is 0 Å². The molecule has 7 heteroatoms. The van der Waals surface area contributed by atoms with Crippen molar-refractivity contribution in [2.75, 3.05) is 19.7 Å². The van der Waals surface area contributed by atoms with Crippen LogP contribution in [0.2, 0.25) is 0 Å². The van der Waals surface area contributed by atoms with Crippen molar-refractivity contribution in [3.05, 3.63) is 34.4 Å². The molecular weight excluding hydrogens is 262 g/mol. The molecule has 0 aliphatic heterocycles. The zero-order valence-corrected chi connectivity index (χ0v) is 11.6. The first-order valence-corrected chi connectivity index (χ1v) is 6.36. The first-order valence-electron chi connectivity index (χ1n) is 6.36. The molecule has 0 unspecified atom stereocenters. The molecule has 0 aliphatic carbocycles. The molecule has 2 N–H and O–H groups in total. The Hall–Kier alpha value is -2.15. The summed E-state index contributed by atoms with van der Waals surface area (Å²) in [5.41, 5.74) is 0.0285. The molecule has 20 heavy (non-hydrogen) atoms. The third-order valence-electron chi connectivity index (χ3n) is 2.33. The molecule has 0 saturated carbocycles. The fraction of sp³-hybridized carbons (Fsp3) is 0.462. The Labute approximate surface area is 117 Å². The third-order valence-corrected chi connectivity index (χ3v) is 2.33. The highest BCUT2D eigenvalue weighted by molar-refractivity contribution is 5.78. The van der Waals surface area contributed by atoms with E-state index < -0.39 is 4.92 Å². The van der Waals surface area contributed by atoms with Crippen LogP contribution in [0.15, 0.2) is 24.3 Å². The number of non-ortho nitro benzene ring substituents is 1. The minimum atomic E-state index is -0.460. The largest absolute Gasteiger partial charge is 0.492 e. The lowest BCUT2D eigenvalue weighted by atomic mass is 10.3. The second-order valence-corrected chi connectivity index (χ2v) is 4.50. The lowest BCUT2D eigenvalue weighted by molar-refractivity contribution is -0.384. The Morgan fingerprint density at radius 2 is 2.00 bits per heavy atom. The fourth-order valence-electron chi connectivity index (χ4n) is 1.48. The van der Waals surface area contributed by atoms with Gasteiger partial charge in [0.2, 0.25) is 5.91 Å². The van der Waals surface area contributed by atoms with Crippen LogP contribution in [0, 0.1) is 10.1 Å². The molecule has 0 fully saturated rings. The van der Waals surface area contributed by atoms with Gasteiger partial charge in [-0.25, -0.2) is 0 Å². The van der Waals surface area contributed by atoms with Crippen molar-refractivity contribution in [1.29, 1.82) is 0 Å². The van der Waals surface area contributed by atoms with Gasteiger partial charge in [-0.15, -0.1) is 0 Å². The van der Waals surface area contributed by atoms with Crippen LogP contribution in [-0.2, 0) is 4.79 Å². The van der Waals surface area contributed by atoms with E-state index in [9.17, 15) is 14.9 Å². The summed E-state index contributed by atoms with van der Waals surface area (Å²) in [6.07, 6.45) is 0. The summed E-state index contributed by atoms with van der Waals surface area (Å²) < 4.78 is 5.39. The molecule has 7 nitrogen and oxygen atoms in total. The van der Waals surface area contributed by atoms with Crippen molar-refractivity contribution >= 4 is 11.6 Å². The van der Waals surface area contributed by atoms with E-state index in [0.717, 1.165) is 0 Å². The molecule has 1 aromatic carbocycles. The topological polar surface area (TPSA) is 93.5 Å². The molecule has 0 aliphatic rings. The Bertz CT molecular complexity index is 445. The number of carbonyl (C=O) groups excluding carboxylic acids is 1. The number of amides is 1. The fourth-order valence-corrected chi connectivity index (χ4v) is 1.48. The van der Waals surface area contributed by atoms with Gasteiger partial charge in [0.05, 0.1) is 11.5 Å². The minimum absolute atomic E-state index is 0.0285. The normalized spacial score (nSPS) is 10.3. The summed E-state index contributed by atoms with van der Waals surface area (Å²) in [6, 6.07) is 5.99. The minimum Gasteiger partial charge on any atom is -0.492 e. The number of hydrogen-bond acceptors (Lipinski definition) is 5. The monoisotopic (exact) mass is 281 g/mol. The lowest BCUT2D eigenvalue weighted by Gasteiger charge is -2.09. The maximum Gasteiger partial charge on any atom is 0.269 e. The standard InChI is InChI=1S/C13H19N3O4/c1-10(2)15-13(17)9-14-7-8-20-12-5-3-11(4-6-12)16(18)19/h3-6,10,14H,7-9H2,1-2H3,(H,15,17). The summed E-state index contributed by atoms with van der Waals surface area (Å²) in [5, 5.41) is 16.2. The van der Waals surface area contributed by atoms with Crippen LogP contribution in [0.5, 0.6) is 5.75 Å². The van der Waals surface area contributed by atoms with Crippen LogP contribution in [0.25, 0.3) is 0 Å². The van der Waals surface area contributed by atoms with Gasteiger partial charge in [-0.05, 0) is 26.0 Å². The van der Waals surface area contributed by atoms with Crippen molar-refractivity contribution in [3.8, 4) is 5.75 Å². The van der Waals surface area contributed by atoms with Gasteiger partial charge in [-0.1, -0.05) is 0 Å². The highest BCUT2D eigenvalue weighted by Gasteiger charge is 2.04. The third kappa shape index (κ3) is 6.14. The van der Waals surface area contributed by atoms with Gasteiger partial charge in [-0.2, -0.15) is 0 Å². The molecule has 0 radical (unpaired) electrons. The summed E-state index contributed by atoms with van der Waals surface area (Å²) in [6.45, 7) is 4.93. The number of nitro benzene ring substituents is 1. The number of nitrogens with one attached hydrogen (secondary N) is 2. The van der Waals surface area contributed by atoms with Crippen LogP contribution in [0.1, 0.15) is 13.8 Å². The van der Waals surface area contributed by atoms with Crippen molar-refractivity contribution in [1.82, 2.24) is 10.6 Å². The number of carbonyl (C=O) groups is 1. The Balaban J connectivity index is 2.18. The van der Waals surface area contributed by atoms with Gasteiger partial charge in [-0.3, -0.25) is 14.9 Å². The van der Waals surface area contributed by atoms with E-state index in [1.54, 1.807) is 12.1 Å². The van der Waals surface area contributed by atoms with Crippen molar-refractivity contribution < 1.29 is 14.5 Å². The molecule has 1 aromatic rings. The zero-order chi connectivity index (χ0) is 15.0. The number of ether oxygens (including phenoxy) is 1. The summed E-state index contributed by atoms with van der Waals surface area (Å²) >= 11 is 0. The molecule has 110 valence electrons. The molecule has 0 bridgehead atoms. The molecule has 0 spiro atoms. The Kier molecular flexibility index (Phi) is 6.45. The summed E-state index contributed by atoms with van der Waals surface area (Å²) in [5.74, 6) is 0.499. The second kappa shape index (κ2) is 8.11. The van der Waals surface area contributed by atoms with Crippen molar-refractivity contribution in [3.63, 3.8) is 0 Å². The maximum atomic E-state index is 11.3. The highest BCUT2D eigenvalue weighted by atomic mass is 16.6. The number of rotatable bonds is 8. The van der Waals surface area contributed by atoms with Crippen LogP contribution in [0.3, 0.4) is 0 Å². The number of hydrogen-bond donors (Lipinski definition) is 2. The van der Waals surface area contributed by atoms with Crippen LogP contribution < -0.4 is 15.4 Å². The highest BCUT2D eigenvalue weighted by Crippen LogP contribution is 2.16. The van der Waals surface area contributed by atoms with Crippen LogP contribution in [-0.4, -0.2) is 36.6 Å². The van der Waals surface area contributed by atoms with E-state index in [0.29, 0.717) is 18.9 Å². The van der Waals surface area contributed by atoms with Gasteiger partial charge >= 0.3 is 0 Å². The zero-order valence-electron chi connectivity index (χ0n) is 11.6. The molecule has 0 aromatic heterocycles. The smallest absolute Gasteiger partial charge is 0.269 e. The molecule has 1 amide bonds. The summed E-state index contributed by atoms with van der Waals surface area (Å²) in [4.78, 5) is 21.3. The van der Waals surface area contributed by atoms with E-state index >= 15 is 0 Å². The van der Waals surface area contributed by atoms with Crippen molar-refractivity contribution in [2.24, 2.45) is 0 Å². The predicted octanol–water partition coefficient (Wildman–Crippen LogP) is 1.09. The Morgan fingerprint density at radius 1 is 1.35 bits per heavy atom. The average Bonchev–Trinajstić information content (AvgIpc) is 2.38. The summed E-state index contributed by atoms with van der Waals surface area (Å²) in [7, 11) is 0. The van der Waals surface area contributed by atoms with E-state index in [1.807, 2.05) is 13.8 Å². The van der Waals surface area contributed by atoms with E-state index in [4.69, 9.17) is 4.74 Å². The first kappa shape index (κ1) is 15.9. The van der Waals surface area contributed by atoms with E-state index in [2.05, 4.69) is 10.6 Å². The quantitative estimate of drug-likeness (QED) is 0.422. The number of nitrogens with zero attached hydrogens (tertiary/aromatic N) is 1. The van der Waals surface area contributed by atoms with E-state index in [-0.39, 0.29) is 24.2 Å². The SMILES string of the molecule is CC(C)NC(=O)CNCCOc1ccc([N+](=O)[O-])cc1. The van der Waals surface area contributed by atoms with Gasteiger partial charge in [0.25, 0.3) is 5.69 Å². The average molecular weight is 281 g/mol. The van der Waals surface area contributed by atoms with Gasteiger partial charge in [0.15, 0.2) is 0 Å². The second-order valence-electron chi connectivity index (χ2n) is 4.50. The van der Waals surface area contributed by atoms with Crippen molar-refractivity contribution in [2.45, 2.75) is 19.9 Å².